The van der Waals surface area contributed by atoms with Gasteiger partial charge in [0.15, 0.2) is 5.69 Å². The molecule has 2 amide bonds. The number of carbonyl (C=O) groups excluding carboxylic acids is 2. The summed E-state index contributed by atoms with van der Waals surface area (Å²) >= 11 is 0. The zero-order chi connectivity index (χ0) is 17.6. The van der Waals surface area contributed by atoms with Gasteiger partial charge in [0.1, 0.15) is 0 Å². The lowest BCUT2D eigenvalue weighted by Crippen LogP contribution is -2.36. The fraction of sp³-hybridized carbons (Fsp3) is 0.412. The number of amides is 2. The first-order chi connectivity index (χ1) is 11.4. The lowest BCUT2D eigenvalue weighted by molar-refractivity contribution is -0.128. The van der Waals surface area contributed by atoms with Gasteiger partial charge in [0.2, 0.25) is 5.91 Å². The Labute approximate surface area is 141 Å². The smallest absolute Gasteiger partial charge is 0.273 e. The molecule has 1 aromatic carbocycles. The first-order valence-corrected chi connectivity index (χ1v) is 7.87. The van der Waals surface area contributed by atoms with Gasteiger partial charge in [0.05, 0.1) is 12.7 Å². The summed E-state index contributed by atoms with van der Waals surface area (Å²) in [7, 11) is 0. The van der Waals surface area contributed by atoms with E-state index >= 15 is 0 Å². The van der Waals surface area contributed by atoms with Crippen LogP contribution in [0.15, 0.2) is 36.5 Å². The van der Waals surface area contributed by atoms with E-state index in [1.165, 1.54) is 0 Å². The molecule has 0 spiro atoms. The Morgan fingerprint density at radius 1 is 1.12 bits per heavy atom. The van der Waals surface area contributed by atoms with Crippen LogP contribution >= 0.6 is 0 Å². The molecule has 0 bridgehead atoms. The lowest BCUT2D eigenvalue weighted by Gasteiger charge is -2.17. The highest BCUT2D eigenvalue weighted by Crippen LogP contribution is 2.11. The standard InChI is InChI=1S/C17H23N5O2/c1-17(2,3)16(24)18-9-10-22-12-14(20-21-22)15(23)19-11-13-7-5-4-6-8-13/h4-8,12H,9-11H2,1-3H3,(H,18,24)(H,19,23). The molecule has 1 aromatic heterocycles. The maximum Gasteiger partial charge on any atom is 0.273 e. The molecular weight excluding hydrogens is 306 g/mol. The third kappa shape index (κ3) is 5.19. The number of hydrogen-bond acceptors (Lipinski definition) is 4. The van der Waals surface area contributed by atoms with Gasteiger partial charge >= 0.3 is 0 Å². The number of hydrogen-bond donors (Lipinski definition) is 2. The molecular formula is C17H23N5O2. The minimum atomic E-state index is -0.426. The third-order valence-corrected chi connectivity index (χ3v) is 3.37. The summed E-state index contributed by atoms with van der Waals surface area (Å²) in [5.41, 5.74) is 0.849. The van der Waals surface area contributed by atoms with Crippen molar-refractivity contribution >= 4 is 11.8 Å². The van der Waals surface area contributed by atoms with Crippen molar-refractivity contribution in [2.75, 3.05) is 6.54 Å². The number of carbonyl (C=O) groups is 2. The molecule has 0 saturated heterocycles. The first kappa shape index (κ1) is 17.7. The zero-order valence-electron chi connectivity index (χ0n) is 14.2. The third-order valence-electron chi connectivity index (χ3n) is 3.37. The van der Waals surface area contributed by atoms with Crippen LogP contribution in [0.4, 0.5) is 0 Å². The van der Waals surface area contributed by atoms with E-state index in [1.54, 1.807) is 10.9 Å². The Balaban J connectivity index is 1.80. The molecule has 0 fully saturated rings. The SMILES string of the molecule is CC(C)(C)C(=O)NCCn1cc(C(=O)NCc2ccccc2)nn1. The van der Waals surface area contributed by atoms with Gasteiger partial charge in [-0.2, -0.15) is 0 Å². The van der Waals surface area contributed by atoms with E-state index < -0.39 is 5.41 Å². The van der Waals surface area contributed by atoms with Gasteiger partial charge < -0.3 is 10.6 Å². The van der Waals surface area contributed by atoms with Crippen LogP contribution in [-0.4, -0.2) is 33.4 Å². The zero-order valence-corrected chi connectivity index (χ0v) is 14.2. The summed E-state index contributed by atoms with van der Waals surface area (Å²) in [4.78, 5) is 23.8. The van der Waals surface area contributed by atoms with Gasteiger partial charge in [0.25, 0.3) is 5.91 Å². The Bertz CT molecular complexity index is 689. The van der Waals surface area contributed by atoms with Crippen molar-refractivity contribution in [1.29, 1.82) is 0 Å². The minimum Gasteiger partial charge on any atom is -0.354 e. The molecule has 7 nitrogen and oxygen atoms in total. The van der Waals surface area contributed by atoms with Crippen LogP contribution in [0.2, 0.25) is 0 Å². The molecule has 1 heterocycles. The van der Waals surface area contributed by atoms with Gasteiger partial charge in [-0.25, -0.2) is 4.68 Å². The summed E-state index contributed by atoms with van der Waals surface area (Å²) in [5, 5.41) is 13.4. The van der Waals surface area contributed by atoms with Gasteiger partial charge in [-0.3, -0.25) is 9.59 Å². The molecule has 2 N–H and O–H groups in total. The van der Waals surface area contributed by atoms with Crippen LogP contribution in [0, 0.1) is 5.41 Å². The molecule has 0 radical (unpaired) electrons. The van der Waals surface area contributed by atoms with Crippen molar-refractivity contribution in [1.82, 2.24) is 25.6 Å². The van der Waals surface area contributed by atoms with Crippen LogP contribution < -0.4 is 10.6 Å². The number of nitrogens with one attached hydrogen (secondary N) is 2. The second kappa shape index (κ2) is 7.72. The highest BCUT2D eigenvalue weighted by Gasteiger charge is 2.20. The quantitative estimate of drug-likeness (QED) is 0.838. The van der Waals surface area contributed by atoms with E-state index in [4.69, 9.17) is 0 Å². The van der Waals surface area contributed by atoms with Crippen molar-refractivity contribution in [3.05, 3.63) is 47.8 Å². The maximum atomic E-state index is 12.0. The average Bonchev–Trinajstić information content (AvgIpc) is 3.01. The van der Waals surface area contributed by atoms with E-state index in [9.17, 15) is 9.59 Å². The van der Waals surface area contributed by atoms with E-state index in [0.29, 0.717) is 19.6 Å². The molecule has 0 unspecified atom stereocenters. The monoisotopic (exact) mass is 329 g/mol. The van der Waals surface area contributed by atoms with Crippen LogP contribution in [0.5, 0.6) is 0 Å². The van der Waals surface area contributed by atoms with Crippen LogP contribution in [0.25, 0.3) is 0 Å². The van der Waals surface area contributed by atoms with Gasteiger partial charge in [0, 0.05) is 18.5 Å². The van der Waals surface area contributed by atoms with E-state index in [2.05, 4.69) is 20.9 Å². The minimum absolute atomic E-state index is 0.0246. The Morgan fingerprint density at radius 3 is 2.50 bits per heavy atom. The second-order valence-electron chi connectivity index (χ2n) is 6.54. The summed E-state index contributed by atoms with van der Waals surface area (Å²) in [6.07, 6.45) is 1.57. The van der Waals surface area contributed by atoms with Crippen molar-refractivity contribution in [2.24, 2.45) is 5.41 Å². The molecule has 2 aromatic rings. The van der Waals surface area contributed by atoms with Crippen molar-refractivity contribution in [2.45, 2.75) is 33.9 Å². The molecule has 24 heavy (non-hydrogen) atoms. The van der Waals surface area contributed by atoms with Crippen LogP contribution in [0.1, 0.15) is 36.8 Å². The topological polar surface area (TPSA) is 88.9 Å². The molecule has 0 saturated carbocycles. The van der Waals surface area contributed by atoms with Crippen molar-refractivity contribution < 1.29 is 9.59 Å². The fourth-order valence-electron chi connectivity index (χ4n) is 1.93. The van der Waals surface area contributed by atoms with Crippen LogP contribution in [0.3, 0.4) is 0 Å². The highest BCUT2D eigenvalue weighted by molar-refractivity contribution is 5.91. The van der Waals surface area contributed by atoms with Crippen LogP contribution in [-0.2, 0) is 17.9 Å². The molecule has 7 heteroatoms. The van der Waals surface area contributed by atoms with Gasteiger partial charge in [-0.1, -0.05) is 56.3 Å². The molecule has 0 aliphatic rings. The average molecular weight is 329 g/mol. The first-order valence-electron chi connectivity index (χ1n) is 7.87. The lowest BCUT2D eigenvalue weighted by atomic mass is 9.96. The summed E-state index contributed by atoms with van der Waals surface area (Å²) in [6.45, 7) is 6.90. The predicted octanol–water partition coefficient (Wildman–Crippen LogP) is 1.37. The van der Waals surface area contributed by atoms with Gasteiger partial charge in [-0.05, 0) is 5.56 Å². The normalized spacial score (nSPS) is 11.1. The number of rotatable bonds is 6. The second-order valence-corrected chi connectivity index (χ2v) is 6.54. The van der Waals surface area contributed by atoms with E-state index in [1.807, 2.05) is 51.1 Å². The molecule has 2 rings (SSSR count). The Hall–Kier alpha value is -2.70. The molecule has 128 valence electrons. The number of aromatic nitrogens is 3. The summed E-state index contributed by atoms with van der Waals surface area (Å²) < 4.78 is 1.54. The largest absolute Gasteiger partial charge is 0.354 e. The van der Waals surface area contributed by atoms with Gasteiger partial charge in [-0.15, -0.1) is 5.10 Å². The molecule has 0 atom stereocenters. The molecule has 0 aliphatic heterocycles. The number of benzene rings is 1. The van der Waals surface area contributed by atoms with E-state index in [-0.39, 0.29) is 17.5 Å². The summed E-state index contributed by atoms with van der Waals surface area (Å²) in [6, 6.07) is 9.65. The maximum absolute atomic E-state index is 12.0. The summed E-state index contributed by atoms with van der Waals surface area (Å²) in [5.74, 6) is -0.299. The van der Waals surface area contributed by atoms with Crippen molar-refractivity contribution in [3.63, 3.8) is 0 Å². The Kier molecular flexibility index (Phi) is 5.68. The predicted molar refractivity (Wildman–Crippen MR) is 90.1 cm³/mol. The fourth-order valence-corrected chi connectivity index (χ4v) is 1.93. The van der Waals surface area contributed by atoms with E-state index in [0.717, 1.165) is 5.56 Å². The molecule has 0 aliphatic carbocycles. The highest BCUT2D eigenvalue weighted by atomic mass is 16.2. The Morgan fingerprint density at radius 2 is 1.83 bits per heavy atom. The van der Waals surface area contributed by atoms with Crippen molar-refractivity contribution in [3.8, 4) is 0 Å². The number of nitrogens with zero attached hydrogens (tertiary/aromatic N) is 3.